The highest BCUT2D eigenvalue weighted by molar-refractivity contribution is 5.92. The van der Waals surface area contributed by atoms with Crippen molar-refractivity contribution in [2.24, 2.45) is 0 Å². The molecule has 0 spiro atoms. The first-order valence-corrected chi connectivity index (χ1v) is 9.81. The fourth-order valence-electron chi connectivity index (χ4n) is 3.22. The van der Waals surface area contributed by atoms with E-state index in [0.29, 0.717) is 24.2 Å². The van der Waals surface area contributed by atoms with Crippen LogP contribution in [0.3, 0.4) is 0 Å². The van der Waals surface area contributed by atoms with E-state index >= 15 is 0 Å². The van der Waals surface area contributed by atoms with Crippen LogP contribution < -0.4 is 5.32 Å². The Morgan fingerprint density at radius 2 is 1.35 bits per heavy atom. The summed E-state index contributed by atoms with van der Waals surface area (Å²) in [5.74, 6) is 1.39. The van der Waals surface area contributed by atoms with Crippen LogP contribution in [-0.2, 0) is 11.2 Å². The molecule has 2 nitrogen and oxygen atoms in total. The molecule has 0 unspecified atom stereocenters. The lowest BCUT2D eigenvalue weighted by atomic mass is 9.92. The Hall–Kier alpha value is -2.09. The molecule has 0 heterocycles. The first kappa shape index (κ1) is 20.2. The SMILES string of the molecule is CC(C)c1ccc(CCC(=O)Nc2c(C(C)C)cccc2C(C)C)cc1. The molecule has 140 valence electrons. The second-order valence-corrected chi connectivity index (χ2v) is 8.07. The maximum absolute atomic E-state index is 12.6. The molecular weight excluding hydrogens is 318 g/mol. The van der Waals surface area contributed by atoms with Gasteiger partial charge in [0.15, 0.2) is 0 Å². The second-order valence-electron chi connectivity index (χ2n) is 8.07. The Balaban J connectivity index is 2.08. The highest BCUT2D eigenvalue weighted by atomic mass is 16.1. The number of carbonyl (C=O) groups is 1. The number of hydrogen-bond donors (Lipinski definition) is 1. The van der Waals surface area contributed by atoms with Crippen molar-refractivity contribution < 1.29 is 4.79 Å². The van der Waals surface area contributed by atoms with Crippen molar-refractivity contribution in [1.29, 1.82) is 0 Å². The minimum Gasteiger partial charge on any atom is -0.326 e. The topological polar surface area (TPSA) is 29.1 Å². The van der Waals surface area contributed by atoms with E-state index in [1.54, 1.807) is 0 Å². The third kappa shape index (κ3) is 5.20. The van der Waals surface area contributed by atoms with Gasteiger partial charge in [-0.05, 0) is 46.4 Å². The van der Waals surface area contributed by atoms with Crippen LogP contribution in [-0.4, -0.2) is 5.91 Å². The lowest BCUT2D eigenvalue weighted by Crippen LogP contribution is -2.16. The monoisotopic (exact) mass is 351 g/mol. The molecule has 2 rings (SSSR count). The van der Waals surface area contributed by atoms with Gasteiger partial charge in [-0.1, -0.05) is 84.0 Å². The van der Waals surface area contributed by atoms with E-state index in [1.165, 1.54) is 22.3 Å². The number of nitrogens with one attached hydrogen (secondary N) is 1. The Morgan fingerprint density at radius 3 is 1.81 bits per heavy atom. The summed E-state index contributed by atoms with van der Waals surface area (Å²) in [6.45, 7) is 13.1. The number of para-hydroxylation sites is 1. The van der Waals surface area contributed by atoms with Crippen molar-refractivity contribution in [3.05, 3.63) is 64.7 Å². The van der Waals surface area contributed by atoms with Crippen molar-refractivity contribution in [1.82, 2.24) is 0 Å². The molecular formula is C24H33NO. The molecule has 0 aliphatic rings. The third-order valence-corrected chi connectivity index (χ3v) is 4.92. The van der Waals surface area contributed by atoms with Crippen LogP contribution in [0.5, 0.6) is 0 Å². The average Bonchev–Trinajstić information content (AvgIpc) is 2.60. The molecule has 0 aliphatic heterocycles. The summed E-state index contributed by atoms with van der Waals surface area (Å²) in [7, 11) is 0. The minimum absolute atomic E-state index is 0.0907. The standard InChI is InChI=1S/C24H33NO/c1-16(2)20-13-10-19(11-14-20)12-15-23(26)25-24-21(17(3)4)8-7-9-22(24)18(5)6/h7-11,13-14,16-18H,12,15H2,1-6H3,(H,25,26). The summed E-state index contributed by atoms with van der Waals surface area (Å²) in [6, 6.07) is 15.0. The molecule has 2 heteroatoms. The molecule has 0 atom stereocenters. The van der Waals surface area contributed by atoms with E-state index in [0.717, 1.165) is 12.1 Å². The number of hydrogen-bond acceptors (Lipinski definition) is 1. The number of rotatable bonds is 7. The van der Waals surface area contributed by atoms with Gasteiger partial charge in [-0.15, -0.1) is 0 Å². The minimum atomic E-state index is 0.0907. The fourth-order valence-corrected chi connectivity index (χ4v) is 3.22. The van der Waals surface area contributed by atoms with Gasteiger partial charge in [-0.3, -0.25) is 4.79 Å². The Morgan fingerprint density at radius 1 is 0.808 bits per heavy atom. The first-order chi connectivity index (χ1) is 12.3. The predicted molar refractivity (Wildman–Crippen MR) is 112 cm³/mol. The van der Waals surface area contributed by atoms with Crippen LogP contribution in [0, 0.1) is 0 Å². The molecule has 0 radical (unpaired) electrons. The van der Waals surface area contributed by atoms with E-state index in [4.69, 9.17) is 0 Å². The van der Waals surface area contributed by atoms with Crippen molar-refractivity contribution in [2.45, 2.75) is 72.1 Å². The summed E-state index contributed by atoms with van der Waals surface area (Å²) in [5, 5.41) is 3.20. The van der Waals surface area contributed by atoms with Crippen molar-refractivity contribution >= 4 is 11.6 Å². The largest absolute Gasteiger partial charge is 0.326 e. The quantitative estimate of drug-likeness (QED) is 0.596. The maximum Gasteiger partial charge on any atom is 0.224 e. The van der Waals surface area contributed by atoms with Gasteiger partial charge in [-0.25, -0.2) is 0 Å². The highest BCUT2D eigenvalue weighted by Crippen LogP contribution is 2.32. The lowest BCUT2D eigenvalue weighted by molar-refractivity contribution is -0.116. The second kappa shape index (κ2) is 9.02. The summed E-state index contributed by atoms with van der Waals surface area (Å²) in [5.41, 5.74) is 5.99. The van der Waals surface area contributed by atoms with Gasteiger partial charge in [0.2, 0.25) is 5.91 Å². The van der Waals surface area contributed by atoms with Crippen LogP contribution in [0.25, 0.3) is 0 Å². The first-order valence-electron chi connectivity index (χ1n) is 9.81. The maximum atomic E-state index is 12.6. The van der Waals surface area contributed by atoms with Crippen LogP contribution in [0.2, 0.25) is 0 Å². The highest BCUT2D eigenvalue weighted by Gasteiger charge is 2.15. The zero-order chi connectivity index (χ0) is 19.3. The van der Waals surface area contributed by atoms with E-state index < -0.39 is 0 Å². The molecule has 0 aromatic heterocycles. The molecule has 0 saturated heterocycles. The summed E-state index contributed by atoms with van der Waals surface area (Å²) in [4.78, 5) is 12.6. The molecule has 2 aromatic rings. The zero-order valence-corrected chi connectivity index (χ0v) is 17.1. The van der Waals surface area contributed by atoms with Crippen molar-refractivity contribution in [2.75, 3.05) is 5.32 Å². The molecule has 0 saturated carbocycles. The Kier molecular flexibility index (Phi) is 7.02. The summed E-state index contributed by atoms with van der Waals surface area (Å²) in [6.07, 6.45) is 1.27. The smallest absolute Gasteiger partial charge is 0.224 e. The van der Waals surface area contributed by atoms with Crippen LogP contribution in [0.4, 0.5) is 5.69 Å². The normalized spacial score (nSPS) is 11.4. The number of carbonyl (C=O) groups excluding carboxylic acids is 1. The van der Waals surface area contributed by atoms with Gasteiger partial charge >= 0.3 is 0 Å². The Bertz CT molecular complexity index is 700. The molecule has 2 aromatic carbocycles. The van der Waals surface area contributed by atoms with Crippen LogP contribution >= 0.6 is 0 Å². The number of anilines is 1. The van der Waals surface area contributed by atoms with Crippen molar-refractivity contribution in [3.8, 4) is 0 Å². The lowest BCUT2D eigenvalue weighted by Gasteiger charge is -2.20. The molecule has 0 aliphatic carbocycles. The van der Waals surface area contributed by atoms with E-state index in [1.807, 2.05) is 0 Å². The van der Waals surface area contributed by atoms with Gasteiger partial charge in [-0.2, -0.15) is 0 Å². The predicted octanol–water partition coefficient (Wildman–Crippen LogP) is 6.63. The van der Waals surface area contributed by atoms with Gasteiger partial charge in [0.05, 0.1) is 0 Å². The van der Waals surface area contributed by atoms with Crippen LogP contribution in [0.15, 0.2) is 42.5 Å². The molecule has 1 N–H and O–H groups in total. The van der Waals surface area contributed by atoms with Gasteiger partial charge in [0.25, 0.3) is 0 Å². The van der Waals surface area contributed by atoms with Gasteiger partial charge in [0, 0.05) is 12.1 Å². The Labute approximate surface area is 159 Å². The summed E-state index contributed by atoms with van der Waals surface area (Å²) < 4.78 is 0. The number of benzene rings is 2. The third-order valence-electron chi connectivity index (χ3n) is 4.92. The average molecular weight is 352 g/mol. The van der Waals surface area contributed by atoms with E-state index in [-0.39, 0.29) is 5.91 Å². The number of aryl methyl sites for hydroxylation is 1. The molecule has 1 amide bonds. The molecule has 0 fully saturated rings. The molecule has 26 heavy (non-hydrogen) atoms. The zero-order valence-electron chi connectivity index (χ0n) is 17.1. The summed E-state index contributed by atoms with van der Waals surface area (Å²) >= 11 is 0. The van der Waals surface area contributed by atoms with Crippen molar-refractivity contribution in [3.63, 3.8) is 0 Å². The number of amides is 1. The van der Waals surface area contributed by atoms with Crippen LogP contribution in [0.1, 0.15) is 88.0 Å². The van der Waals surface area contributed by atoms with E-state index in [9.17, 15) is 4.79 Å². The van der Waals surface area contributed by atoms with Gasteiger partial charge < -0.3 is 5.32 Å². The van der Waals surface area contributed by atoms with E-state index in [2.05, 4.69) is 89.3 Å². The molecule has 0 bridgehead atoms. The fraction of sp³-hybridized carbons (Fsp3) is 0.458. The van der Waals surface area contributed by atoms with Gasteiger partial charge in [0.1, 0.15) is 0 Å².